The minimum absolute atomic E-state index is 0.0349. The van der Waals surface area contributed by atoms with Gasteiger partial charge in [0.2, 0.25) is 0 Å². The first-order valence-corrected chi connectivity index (χ1v) is 25.2. The molecule has 0 spiro atoms. The summed E-state index contributed by atoms with van der Waals surface area (Å²) in [4.78, 5) is 57.9. The highest BCUT2D eigenvalue weighted by molar-refractivity contribution is 8.09. The lowest BCUT2D eigenvalue weighted by Crippen LogP contribution is -2.53. The van der Waals surface area contributed by atoms with Crippen LogP contribution in [-0.2, 0) is 32.0 Å². The number of thiophene rings is 5. The Morgan fingerprint density at radius 3 is 1.73 bits per heavy atom. The molecule has 2 aliphatic heterocycles. The summed E-state index contributed by atoms with van der Waals surface area (Å²) in [6.45, 7) is 3.91. The Morgan fingerprint density at radius 2 is 1.22 bits per heavy atom. The third-order valence-corrected chi connectivity index (χ3v) is 20.6. The van der Waals surface area contributed by atoms with Gasteiger partial charge < -0.3 is 20.4 Å². The largest absolute Gasteiger partial charge is 0.481 e. The van der Waals surface area contributed by atoms with Crippen molar-refractivity contribution in [2.45, 2.75) is 63.5 Å². The summed E-state index contributed by atoms with van der Waals surface area (Å²) in [6, 6.07) is 15.4. The maximum Gasteiger partial charge on any atom is 0.307 e. The minimum Gasteiger partial charge on any atom is -0.481 e. The average molecular weight is 945 g/mol. The van der Waals surface area contributed by atoms with E-state index in [0.717, 1.165) is 58.6 Å². The summed E-state index contributed by atoms with van der Waals surface area (Å²) < 4.78 is 29.8. The average Bonchev–Trinajstić information content (AvgIpc) is 4.01. The molecule has 5 aromatic heterocycles. The molecule has 9 rings (SSSR count). The number of hydrogen-bond donors (Lipinski definition) is 4. The van der Waals surface area contributed by atoms with Gasteiger partial charge in [-0.2, -0.15) is 0 Å². The van der Waals surface area contributed by atoms with Crippen molar-refractivity contribution in [1.82, 2.24) is 0 Å². The summed E-state index contributed by atoms with van der Waals surface area (Å²) >= 11 is 10.2. The number of thioether (sulfide) groups is 2. The molecule has 7 atom stereocenters. The molecule has 0 amide bonds. The van der Waals surface area contributed by atoms with Gasteiger partial charge in [0, 0.05) is 75.7 Å². The second-order valence-electron chi connectivity index (χ2n) is 15.3. The Hall–Kier alpha value is -3.58. The van der Waals surface area contributed by atoms with Crippen LogP contribution >= 0.6 is 80.2 Å². The van der Waals surface area contributed by atoms with E-state index in [1.807, 2.05) is 68.6 Å². The Bertz CT molecular complexity index is 2570. The quantitative estimate of drug-likeness (QED) is 0.0753. The molecule has 2 saturated carbocycles. The molecule has 7 unspecified atom stereocenters. The Labute approximate surface area is 372 Å². The lowest BCUT2D eigenvalue weighted by atomic mass is 9.67. The van der Waals surface area contributed by atoms with Gasteiger partial charge in [-0.05, 0) is 95.3 Å². The van der Waals surface area contributed by atoms with Crippen LogP contribution in [0.2, 0.25) is 0 Å². The van der Waals surface area contributed by atoms with Crippen molar-refractivity contribution in [2.24, 2.45) is 23.7 Å². The van der Waals surface area contributed by atoms with E-state index in [1.165, 1.54) is 80.2 Å². The van der Waals surface area contributed by atoms with Crippen molar-refractivity contribution in [3.63, 3.8) is 0 Å². The molecule has 0 radical (unpaired) electrons. The van der Waals surface area contributed by atoms with Crippen LogP contribution < -0.4 is 0 Å². The second-order valence-corrected chi connectivity index (χ2v) is 22.6. The van der Waals surface area contributed by atoms with Crippen molar-refractivity contribution in [3.8, 4) is 39.0 Å². The monoisotopic (exact) mass is 944 g/mol. The number of carbonyl (C=O) groups is 4. The van der Waals surface area contributed by atoms with Gasteiger partial charge in [-0.3, -0.25) is 19.2 Å². The summed E-state index contributed by atoms with van der Waals surface area (Å²) in [5.41, 5.74) is 2.51. The van der Waals surface area contributed by atoms with Crippen molar-refractivity contribution in [3.05, 3.63) is 80.6 Å². The predicted octanol–water partition coefficient (Wildman–Crippen LogP) is 12.4. The summed E-state index contributed by atoms with van der Waals surface area (Å²) in [5, 5.41) is 38.9. The number of carboxylic acid groups (broad SMARTS) is 4. The molecule has 0 aromatic carbocycles. The van der Waals surface area contributed by atoms with Crippen LogP contribution in [0, 0.1) is 23.7 Å². The Kier molecular flexibility index (Phi) is 12.4. The van der Waals surface area contributed by atoms with E-state index >= 15 is 0 Å². The molecule has 0 saturated heterocycles. The summed E-state index contributed by atoms with van der Waals surface area (Å²) in [5.74, 6) is -4.74. The van der Waals surface area contributed by atoms with Crippen LogP contribution in [0.4, 0.5) is 8.78 Å². The molecule has 5 aromatic rings. The van der Waals surface area contributed by atoms with Gasteiger partial charge in [0.15, 0.2) is 0 Å². The normalized spacial score (nSPS) is 23.9. The third kappa shape index (κ3) is 8.22. The first kappa shape index (κ1) is 43.1. The summed E-state index contributed by atoms with van der Waals surface area (Å²) in [7, 11) is 0. The van der Waals surface area contributed by atoms with Gasteiger partial charge in [-0.15, -0.1) is 80.2 Å². The number of fused-ring (bicyclic) bond motifs is 1. The maximum absolute atomic E-state index is 14.9. The first-order valence-electron chi connectivity index (χ1n) is 19.0. The highest BCUT2D eigenvalue weighted by Crippen LogP contribution is 2.61. The highest BCUT2D eigenvalue weighted by Gasteiger charge is 2.55. The number of carboxylic acids is 4. The fourth-order valence-corrected chi connectivity index (χ4v) is 17.3. The van der Waals surface area contributed by atoms with E-state index in [1.54, 1.807) is 0 Å². The molecular weight excluding hydrogens is 907 g/mol. The van der Waals surface area contributed by atoms with Gasteiger partial charge in [0.25, 0.3) is 0 Å². The molecule has 4 aliphatic rings. The van der Waals surface area contributed by atoms with E-state index < -0.39 is 48.1 Å². The summed E-state index contributed by atoms with van der Waals surface area (Å²) in [6.07, 6.45) is -0.767. The topological polar surface area (TPSA) is 149 Å². The van der Waals surface area contributed by atoms with Crippen LogP contribution in [0.1, 0.15) is 54.0 Å². The maximum atomic E-state index is 14.9. The zero-order valence-electron chi connectivity index (χ0n) is 32.2. The molecule has 60 heavy (non-hydrogen) atoms. The van der Waals surface area contributed by atoms with E-state index in [-0.39, 0.29) is 42.8 Å². The van der Waals surface area contributed by atoms with Gasteiger partial charge >= 0.3 is 23.9 Å². The van der Waals surface area contributed by atoms with Crippen LogP contribution in [0.3, 0.4) is 0 Å². The molecule has 2 aliphatic carbocycles. The number of halogens is 2. The number of alkyl halides is 2. The Balaban J connectivity index is 1.11. The van der Waals surface area contributed by atoms with Crippen molar-refractivity contribution in [2.75, 3.05) is 6.26 Å². The molecule has 8 nitrogen and oxygen atoms in total. The zero-order valence-corrected chi connectivity index (χ0v) is 37.9. The standard InChI is InChI=1S/C43H38F2O8S7/c1-17-10-23(44)36(17)21(15-34(50)51)42(54-3)28-8-6-26(56-28)40-19(13-32(46)47)11-30(58-40)24-4-5-25(55-24)31-12-20(14-33(48)49)41(59-31)27-7-9-29(57-27)43-22(16-35(52)53)37-18(2)39(60-43)38(37)45/h4-9,11-12,17-18,23,36-39H,10,13-16H2,1-3H3,(H,46,47)(H,48,49)(H,50,51)(H,52,53)/b42-21-. The zero-order chi connectivity index (χ0) is 42.7. The molecule has 314 valence electrons. The number of hydrogen-bond acceptors (Lipinski definition) is 11. The second kappa shape index (κ2) is 17.3. The number of aliphatic carboxylic acids is 4. The van der Waals surface area contributed by atoms with Gasteiger partial charge in [-0.25, -0.2) is 8.78 Å². The molecular formula is C43H38F2O8S7. The minimum atomic E-state index is -1.09. The Morgan fingerprint density at radius 1 is 0.683 bits per heavy atom. The lowest BCUT2D eigenvalue weighted by Gasteiger charge is -2.51. The first-order chi connectivity index (χ1) is 28.6. The SMILES string of the molecule is CS/C(=C(/CC(=O)O)C1C(C)CC1F)c1ccc(-c2sc(-c3ccc(-c4cc(CC(=O)O)c(-c5ccc(C6=C(CC(=O)O)C7C(C)C(S6)C7F)s5)s4)s3)cc2CC(=O)O)s1. The van der Waals surface area contributed by atoms with Crippen molar-refractivity contribution >= 4 is 114 Å². The van der Waals surface area contributed by atoms with Crippen molar-refractivity contribution < 1.29 is 48.4 Å². The van der Waals surface area contributed by atoms with Crippen molar-refractivity contribution in [1.29, 1.82) is 0 Å². The third-order valence-electron chi connectivity index (χ3n) is 11.4. The highest BCUT2D eigenvalue weighted by atomic mass is 32.2. The van der Waals surface area contributed by atoms with Crippen LogP contribution in [0.5, 0.6) is 0 Å². The lowest BCUT2D eigenvalue weighted by molar-refractivity contribution is -0.137. The molecule has 17 heteroatoms. The van der Waals surface area contributed by atoms with Crippen LogP contribution in [0.25, 0.3) is 48.8 Å². The van der Waals surface area contributed by atoms with Crippen LogP contribution in [0.15, 0.2) is 59.7 Å². The van der Waals surface area contributed by atoms with E-state index in [0.29, 0.717) is 28.7 Å². The fourth-order valence-electron chi connectivity index (χ4n) is 8.61. The van der Waals surface area contributed by atoms with E-state index in [9.17, 15) is 48.4 Å². The van der Waals surface area contributed by atoms with Gasteiger partial charge in [0.1, 0.15) is 12.3 Å². The van der Waals surface area contributed by atoms with E-state index in [2.05, 4.69) is 0 Å². The molecule has 7 heterocycles. The molecule has 2 bridgehead atoms. The van der Waals surface area contributed by atoms with Crippen LogP contribution in [-0.4, -0.2) is 68.2 Å². The van der Waals surface area contributed by atoms with Gasteiger partial charge in [0.05, 0.1) is 25.7 Å². The predicted molar refractivity (Wildman–Crippen MR) is 243 cm³/mol. The molecule has 2 fully saturated rings. The van der Waals surface area contributed by atoms with E-state index in [4.69, 9.17) is 0 Å². The fraction of sp³-hybridized carbons (Fsp3) is 0.349. The van der Waals surface area contributed by atoms with Gasteiger partial charge in [-0.1, -0.05) is 13.8 Å². The molecule has 4 N–H and O–H groups in total. The smallest absolute Gasteiger partial charge is 0.307 e. The number of rotatable bonds is 16.